The first-order valence-electron chi connectivity index (χ1n) is 5.96. The number of aliphatic hydroxyl groups is 1. The van der Waals surface area contributed by atoms with E-state index < -0.39 is 15.4 Å². The van der Waals surface area contributed by atoms with Crippen LogP contribution in [-0.2, 0) is 15.4 Å². The summed E-state index contributed by atoms with van der Waals surface area (Å²) in [5.41, 5.74) is -1.08. The van der Waals surface area contributed by atoms with Gasteiger partial charge in [0.25, 0.3) is 0 Å². The second kappa shape index (κ2) is 5.51. The van der Waals surface area contributed by atoms with Crippen molar-refractivity contribution in [3.8, 4) is 0 Å². The Morgan fingerprint density at radius 2 is 2.15 bits per heavy atom. The summed E-state index contributed by atoms with van der Waals surface area (Å²) in [4.78, 5) is 4.97. The van der Waals surface area contributed by atoms with Crippen LogP contribution in [0.2, 0.25) is 0 Å². The average molecular weight is 312 g/mol. The predicted molar refractivity (Wildman–Crippen MR) is 79.7 cm³/mol. The minimum Gasteiger partial charge on any atom is -0.383 e. The first-order valence-corrected chi connectivity index (χ1v) is 8.73. The van der Waals surface area contributed by atoms with Gasteiger partial charge in [-0.05, 0) is 30.5 Å². The molecule has 1 unspecified atom stereocenters. The van der Waals surface area contributed by atoms with Crippen LogP contribution in [0.25, 0.3) is 0 Å². The second-order valence-corrected chi connectivity index (χ2v) is 7.66. The van der Waals surface area contributed by atoms with E-state index in [1.165, 1.54) is 23.6 Å². The van der Waals surface area contributed by atoms with Gasteiger partial charge in [0.15, 0.2) is 9.84 Å². The molecule has 2 N–H and O–H groups in total. The summed E-state index contributed by atoms with van der Waals surface area (Å²) in [7, 11) is -3.36. The molecule has 0 bridgehead atoms. The number of sulfone groups is 1. The molecule has 0 aromatic carbocycles. The van der Waals surface area contributed by atoms with E-state index in [0.29, 0.717) is 0 Å². The Hall–Kier alpha value is -1.44. The molecular weight excluding hydrogens is 296 g/mol. The molecule has 2 aromatic rings. The van der Waals surface area contributed by atoms with Crippen molar-refractivity contribution in [2.45, 2.75) is 17.4 Å². The maximum Gasteiger partial charge on any atom is 0.179 e. The fourth-order valence-corrected chi connectivity index (χ4v) is 3.34. The van der Waals surface area contributed by atoms with Gasteiger partial charge in [-0.1, -0.05) is 6.07 Å². The molecule has 108 valence electrons. The zero-order valence-electron chi connectivity index (χ0n) is 11.2. The maximum absolute atomic E-state index is 11.7. The largest absolute Gasteiger partial charge is 0.383 e. The van der Waals surface area contributed by atoms with E-state index in [0.717, 1.165) is 11.1 Å². The molecule has 2 aromatic heterocycles. The first kappa shape index (κ1) is 15.0. The fourth-order valence-electron chi connectivity index (χ4n) is 1.75. The standard InChI is InChI=1S/C13H16N2O3S2/c1-13(16,11-6-4-8-19-11)9-15-12-10(20(2,17)18)5-3-7-14-12/h3-8,16H,9H2,1-2H3,(H,14,15). The predicted octanol–water partition coefficient (Wildman–Crippen LogP) is 1.87. The quantitative estimate of drug-likeness (QED) is 0.881. The minimum absolute atomic E-state index is 0.127. The van der Waals surface area contributed by atoms with E-state index in [2.05, 4.69) is 10.3 Å². The van der Waals surface area contributed by atoms with Crippen molar-refractivity contribution < 1.29 is 13.5 Å². The number of anilines is 1. The van der Waals surface area contributed by atoms with E-state index in [1.807, 2.05) is 17.5 Å². The highest BCUT2D eigenvalue weighted by molar-refractivity contribution is 7.90. The Morgan fingerprint density at radius 3 is 2.75 bits per heavy atom. The van der Waals surface area contributed by atoms with Crippen molar-refractivity contribution in [2.75, 3.05) is 18.1 Å². The molecular formula is C13H16N2O3S2. The van der Waals surface area contributed by atoms with Crippen molar-refractivity contribution in [1.82, 2.24) is 4.98 Å². The lowest BCUT2D eigenvalue weighted by atomic mass is 10.1. The lowest BCUT2D eigenvalue weighted by Gasteiger charge is -2.23. The maximum atomic E-state index is 11.7. The highest BCUT2D eigenvalue weighted by Crippen LogP contribution is 2.26. The van der Waals surface area contributed by atoms with Crippen molar-refractivity contribution in [3.63, 3.8) is 0 Å². The van der Waals surface area contributed by atoms with E-state index in [9.17, 15) is 13.5 Å². The Kier molecular flexibility index (Phi) is 4.12. The van der Waals surface area contributed by atoms with Crippen molar-refractivity contribution in [3.05, 3.63) is 40.7 Å². The SMILES string of the molecule is CC(O)(CNc1ncccc1S(C)(=O)=O)c1cccs1. The van der Waals surface area contributed by atoms with Crippen molar-refractivity contribution in [2.24, 2.45) is 0 Å². The minimum atomic E-state index is -3.36. The number of thiophene rings is 1. The molecule has 20 heavy (non-hydrogen) atoms. The molecule has 0 aliphatic rings. The van der Waals surface area contributed by atoms with Crippen LogP contribution in [0, 0.1) is 0 Å². The number of rotatable bonds is 5. The van der Waals surface area contributed by atoms with E-state index >= 15 is 0 Å². The molecule has 0 aliphatic heterocycles. The number of hydrogen-bond acceptors (Lipinski definition) is 6. The lowest BCUT2D eigenvalue weighted by molar-refractivity contribution is 0.0753. The summed E-state index contributed by atoms with van der Waals surface area (Å²) in [6, 6.07) is 6.75. The molecule has 1 atom stereocenters. The van der Waals surface area contributed by atoms with Gasteiger partial charge in [0.05, 0.1) is 0 Å². The van der Waals surface area contributed by atoms with Gasteiger partial charge in [0.1, 0.15) is 16.3 Å². The molecule has 5 nitrogen and oxygen atoms in total. The summed E-state index contributed by atoms with van der Waals surface area (Å²) in [5, 5.41) is 15.2. The van der Waals surface area contributed by atoms with E-state index in [-0.39, 0.29) is 17.3 Å². The van der Waals surface area contributed by atoms with Crippen LogP contribution in [-0.4, -0.2) is 31.3 Å². The van der Waals surface area contributed by atoms with Crippen LogP contribution < -0.4 is 5.32 Å². The zero-order chi connectivity index (χ0) is 14.8. The average Bonchev–Trinajstić information content (AvgIpc) is 2.90. The van der Waals surface area contributed by atoms with Gasteiger partial charge in [0.2, 0.25) is 0 Å². The van der Waals surface area contributed by atoms with Crippen molar-refractivity contribution >= 4 is 27.0 Å². The normalized spacial score (nSPS) is 14.8. The van der Waals surface area contributed by atoms with Gasteiger partial charge < -0.3 is 10.4 Å². The lowest BCUT2D eigenvalue weighted by Crippen LogP contribution is -2.30. The first-order chi connectivity index (χ1) is 9.31. The van der Waals surface area contributed by atoms with E-state index in [1.54, 1.807) is 13.0 Å². The zero-order valence-corrected chi connectivity index (χ0v) is 12.8. The van der Waals surface area contributed by atoms with Crippen LogP contribution in [0.5, 0.6) is 0 Å². The summed E-state index contributed by atoms with van der Waals surface area (Å²) in [5.74, 6) is 0.256. The van der Waals surface area contributed by atoms with Crippen LogP contribution in [0.15, 0.2) is 40.7 Å². The molecule has 0 radical (unpaired) electrons. The number of aromatic nitrogens is 1. The van der Waals surface area contributed by atoms with Gasteiger partial charge >= 0.3 is 0 Å². The summed E-state index contributed by atoms with van der Waals surface area (Å²) in [6.45, 7) is 1.85. The molecule has 0 saturated carbocycles. The monoisotopic (exact) mass is 312 g/mol. The highest BCUT2D eigenvalue weighted by atomic mass is 32.2. The number of nitrogens with one attached hydrogen (secondary N) is 1. The highest BCUT2D eigenvalue weighted by Gasteiger charge is 2.25. The topological polar surface area (TPSA) is 79.3 Å². The Labute approximate surface area is 122 Å². The molecule has 0 aliphatic carbocycles. The molecule has 0 spiro atoms. The van der Waals surface area contributed by atoms with Gasteiger partial charge in [-0.3, -0.25) is 0 Å². The number of hydrogen-bond donors (Lipinski definition) is 2. The molecule has 7 heteroatoms. The third kappa shape index (κ3) is 3.36. The Balaban J connectivity index is 2.20. The van der Waals surface area contributed by atoms with E-state index in [4.69, 9.17) is 0 Å². The van der Waals surface area contributed by atoms with Crippen LogP contribution in [0.1, 0.15) is 11.8 Å². The van der Waals surface area contributed by atoms with Gasteiger partial charge in [-0.15, -0.1) is 11.3 Å². The summed E-state index contributed by atoms with van der Waals surface area (Å²) in [6.07, 6.45) is 2.64. The van der Waals surface area contributed by atoms with Gasteiger partial charge in [0, 0.05) is 23.9 Å². The molecule has 0 saturated heterocycles. The number of nitrogens with zero attached hydrogens (tertiary/aromatic N) is 1. The van der Waals surface area contributed by atoms with Crippen molar-refractivity contribution in [1.29, 1.82) is 0 Å². The van der Waals surface area contributed by atoms with Gasteiger partial charge in [-0.2, -0.15) is 0 Å². The summed E-state index contributed by atoms with van der Waals surface area (Å²) >= 11 is 1.45. The Bertz CT molecular complexity index is 679. The molecule has 0 amide bonds. The molecule has 2 rings (SSSR count). The molecule has 2 heterocycles. The third-order valence-corrected chi connectivity index (χ3v) is 5.07. The van der Waals surface area contributed by atoms with Crippen LogP contribution >= 0.6 is 11.3 Å². The molecule has 0 fully saturated rings. The fraction of sp³-hybridized carbons (Fsp3) is 0.308. The van der Waals surface area contributed by atoms with Gasteiger partial charge in [-0.25, -0.2) is 13.4 Å². The van der Waals surface area contributed by atoms with Crippen LogP contribution in [0.4, 0.5) is 5.82 Å². The third-order valence-electron chi connectivity index (χ3n) is 2.82. The summed E-state index contributed by atoms with van der Waals surface area (Å²) < 4.78 is 23.3. The second-order valence-electron chi connectivity index (χ2n) is 4.73. The number of pyridine rings is 1. The van der Waals surface area contributed by atoms with Crippen LogP contribution in [0.3, 0.4) is 0 Å². The Morgan fingerprint density at radius 1 is 1.40 bits per heavy atom. The smallest absolute Gasteiger partial charge is 0.179 e.